The number of nitrogens with zero attached hydrogens (tertiary/aromatic N) is 2. The van der Waals surface area contributed by atoms with Crippen LogP contribution in [0.15, 0.2) is 6.07 Å². The van der Waals surface area contributed by atoms with Gasteiger partial charge in [-0.3, -0.25) is 0 Å². The average Bonchev–Trinajstić information content (AvgIpc) is 2.64. The molecule has 0 saturated carbocycles. The van der Waals surface area contributed by atoms with Crippen molar-refractivity contribution in [2.24, 2.45) is 7.05 Å². The Balaban J connectivity index is 2.65. The first-order valence-electron chi connectivity index (χ1n) is 6.41. The van der Waals surface area contributed by atoms with Crippen LogP contribution in [-0.4, -0.2) is 24.3 Å². The highest BCUT2D eigenvalue weighted by Gasteiger charge is 2.11. The summed E-state index contributed by atoms with van der Waals surface area (Å²) in [4.78, 5) is 0. The second-order valence-corrected chi connectivity index (χ2v) is 4.63. The Bertz CT molecular complexity index is 411. The van der Waals surface area contributed by atoms with E-state index in [-0.39, 0.29) is 0 Å². The summed E-state index contributed by atoms with van der Waals surface area (Å²) in [5.41, 5.74) is 3.04. The zero-order valence-corrected chi connectivity index (χ0v) is 11.8. The molecule has 0 bridgehead atoms. The van der Waals surface area contributed by atoms with Crippen molar-refractivity contribution in [3.05, 3.63) is 23.0 Å². The molecule has 1 heterocycles. The molecule has 0 spiro atoms. The lowest BCUT2D eigenvalue weighted by Crippen LogP contribution is -2.32. The zero-order valence-electron chi connectivity index (χ0n) is 11.8. The highest BCUT2D eigenvalue weighted by Crippen LogP contribution is 2.13. The lowest BCUT2D eigenvalue weighted by atomic mass is 10.1. The average molecular weight is 249 g/mol. The van der Waals surface area contributed by atoms with Gasteiger partial charge in [-0.1, -0.05) is 13.3 Å². The highest BCUT2D eigenvalue weighted by atomic mass is 16.5. The Morgan fingerprint density at radius 3 is 2.78 bits per heavy atom. The van der Waals surface area contributed by atoms with E-state index in [4.69, 9.17) is 10.00 Å². The van der Waals surface area contributed by atoms with E-state index in [0.717, 1.165) is 31.7 Å². The van der Waals surface area contributed by atoms with Crippen LogP contribution in [-0.2, 0) is 18.3 Å². The number of ether oxygens (including phenoxy) is 1. The maximum Gasteiger partial charge on any atom is 0.120 e. The Kier molecular flexibility index (Phi) is 5.90. The van der Waals surface area contributed by atoms with Crippen LogP contribution >= 0.6 is 0 Å². The van der Waals surface area contributed by atoms with Gasteiger partial charge in [0.2, 0.25) is 0 Å². The van der Waals surface area contributed by atoms with Crippen molar-refractivity contribution in [2.45, 2.75) is 39.3 Å². The van der Waals surface area contributed by atoms with Crippen LogP contribution in [0.4, 0.5) is 0 Å². The third-order valence-corrected chi connectivity index (χ3v) is 3.34. The van der Waals surface area contributed by atoms with E-state index in [1.165, 1.54) is 5.56 Å². The molecule has 0 aliphatic heterocycles. The molecular weight excluding hydrogens is 226 g/mol. The summed E-state index contributed by atoms with van der Waals surface area (Å²) in [5.74, 6) is 0. The second kappa shape index (κ2) is 7.20. The van der Waals surface area contributed by atoms with Gasteiger partial charge in [0, 0.05) is 32.4 Å². The Morgan fingerprint density at radius 1 is 1.56 bits per heavy atom. The number of methoxy groups -OCH3 is 1. The molecule has 0 fully saturated rings. The molecule has 0 aromatic carbocycles. The molecule has 1 rings (SSSR count). The van der Waals surface area contributed by atoms with Crippen molar-refractivity contribution < 1.29 is 4.74 Å². The van der Waals surface area contributed by atoms with Crippen LogP contribution in [0.2, 0.25) is 0 Å². The van der Waals surface area contributed by atoms with Crippen molar-refractivity contribution in [3.8, 4) is 6.07 Å². The van der Waals surface area contributed by atoms with E-state index in [1.807, 2.05) is 24.6 Å². The molecule has 0 aliphatic carbocycles. The first-order chi connectivity index (χ1) is 8.63. The molecule has 1 aromatic rings. The molecule has 0 amide bonds. The largest absolute Gasteiger partial charge is 0.383 e. The Labute approximate surface area is 110 Å². The number of rotatable bonds is 7. The summed E-state index contributed by atoms with van der Waals surface area (Å²) in [6.45, 7) is 5.73. The molecule has 1 unspecified atom stereocenters. The van der Waals surface area contributed by atoms with E-state index >= 15 is 0 Å². The quantitative estimate of drug-likeness (QED) is 0.805. The molecule has 1 aromatic heterocycles. The molecule has 100 valence electrons. The topological polar surface area (TPSA) is 50.0 Å². The lowest BCUT2D eigenvalue weighted by Gasteiger charge is -2.17. The highest BCUT2D eigenvalue weighted by molar-refractivity contribution is 5.34. The van der Waals surface area contributed by atoms with Gasteiger partial charge in [-0.15, -0.1) is 0 Å². The molecule has 4 nitrogen and oxygen atoms in total. The minimum absolute atomic E-state index is 0.380. The standard InChI is InChI=1S/C14H23N3O/c1-5-6-13(10-18-4)16-9-12-7-14(8-15)17(3)11(12)2/h7,13,16H,5-6,9-10H2,1-4H3. The van der Waals surface area contributed by atoms with Gasteiger partial charge in [0.25, 0.3) is 0 Å². The number of aromatic nitrogens is 1. The van der Waals surface area contributed by atoms with Gasteiger partial charge < -0.3 is 14.6 Å². The van der Waals surface area contributed by atoms with E-state index in [0.29, 0.717) is 11.7 Å². The maximum atomic E-state index is 8.99. The van der Waals surface area contributed by atoms with Gasteiger partial charge in [0.1, 0.15) is 11.8 Å². The minimum atomic E-state index is 0.380. The second-order valence-electron chi connectivity index (χ2n) is 4.63. The van der Waals surface area contributed by atoms with E-state index in [2.05, 4.69) is 18.3 Å². The summed E-state index contributed by atoms with van der Waals surface area (Å²) in [5, 5.41) is 12.5. The Hall–Kier alpha value is -1.31. The normalized spacial score (nSPS) is 12.4. The van der Waals surface area contributed by atoms with Gasteiger partial charge in [-0.2, -0.15) is 5.26 Å². The number of nitrogens with one attached hydrogen (secondary N) is 1. The number of hydrogen-bond donors (Lipinski definition) is 1. The van der Waals surface area contributed by atoms with Crippen molar-refractivity contribution >= 4 is 0 Å². The number of nitriles is 1. The predicted molar refractivity (Wildman–Crippen MR) is 72.3 cm³/mol. The molecule has 4 heteroatoms. The molecule has 18 heavy (non-hydrogen) atoms. The monoisotopic (exact) mass is 249 g/mol. The van der Waals surface area contributed by atoms with Crippen LogP contribution in [0.5, 0.6) is 0 Å². The van der Waals surface area contributed by atoms with Gasteiger partial charge in [-0.25, -0.2) is 0 Å². The fourth-order valence-corrected chi connectivity index (χ4v) is 2.10. The van der Waals surface area contributed by atoms with Crippen molar-refractivity contribution in [1.29, 1.82) is 5.26 Å². The van der Waals surface area contributed by atoms with Crippen molar-refractivity contribution in [3.63, 3.8) is 0 Å². The van der Waals surface area contributed by atoms with Gasteiger partial charge in [-0.05, 0) is 25.0 Å². The molecule has 0 saturated heterocycles. The molecule has 0 radical (unpaired) electrons. The van der Waals surface area contributed by atoms with Crippen LogP contribution in [0.1, 0.15) is 36.7 Å². The van der Waals surface area contributed by atoms with Crippen LogP contribution < -0.4 is 5.32 Å². The molecule has 0 aliphatic rings. The Morgan fingerprint density at radius 2 is 2.28 bits per heavy atom. The fraction of sp³-hybridized carbons (Fsp3) is 0.643. The SMILES string of the molecule is CCCC(COC)NCc1cc(C#N)n(C)c1C. The van der Waals surface area contributed by atoms with E-state index in [9.17, 15) is 0 Å². The summed E-state index contributed by atoms with van der Waals surface area (Å²) < 4.78 is 7.14. The first-order valence-corrected chi connectivity index (χ1v) is 6.41. The fourth-order valence-electron chi connectivity index (χ4n) is 2.10. The van der Waals surface area contributed by atoms with Gasteiger partial charge >= 0.3 is 0 Å². The summed E-state index contributed by atoms with van der Waals surface area (Å²) in [7, 11) is 3.65. The molecule has 1 N–H and O–H groups in total. The lowest BCUT2D eigenvalue weighted by molar-refractivity contribution is 0.161. The summed E-state index contributed by atoms with van der Waals surface area (Å²) in [6.07, 6.45) is 2.24. The smallest absolute Gasteiger partial charge is 0.120 e. The number of hydrogen-bond acceptors (Lipinski definition) is 3. The summed E-state index contributed by atoms with van der Waals surface area (Å²) >= 11 is 0. The molecule has 1 atom stereocenters. The van der Waals surface area contributed by atoms with Crippen LogP contribution in [0, 0.1) is 18.3 Å². The third kappa shape index (κ3) is 3.59. The van der Waals surface area contributed by atoms with Crippen molar-refractivity contribution in [2.75, 3.05) is 13.7 Å². The van der Waals surface area contributed by atoms with Gasteiger partial charge in [0.05, 0.1) is 6.61 Å². The predicted octanol–water partition coefficient (Wildman–Crippen LogP) is 2.11. The van der Waals surface area contributed by atoms with Crippen LogP contribution in [0.3, 0.4) is 0 Å². The van der Waals surface area contributed by atoms with Gasteiger partial charge in [0.15, 0.2) is 0 Å². The van der Waals surface area contributed by atoms with Crippen LogP contribution in [0.25, 0.3) is 0 Å². The zero-order chi connectivity index (χ0) is 13.5. The first kappa shape index (κ1) is 14.7. The van der Waals surface area contributed by atoms with Crippen molar-refractivity contribution in [1.82, 2.24) is 9.88 Å². The summed E-state index contributed by atoms with van der Waals surface area (Å²) in [6, 6.07) is 4.54. The van der Waals surface area contributed by atoms with E-state index in [1.54, 1.807) is 7.11 Å². The van der Waals surface area contributed by atoms with E-state index < -0.39 is 0 Å². The molecular formula is C14H23N3O. The maximum absolute atomic E-state index is 8.99. The third-order valence-electron chi connectivity index (χ3n) is 3.34. The minimum Gasteiger partial charge on any atom is -0.383 e.